The summed E-state index contributed by atoms with van der Waals surface area (Å²) in [4.78, 5) is 26.2. The largest absolute Gasteiger partial charge is 0.497 e. The smallest absolute Gasteiger partial charge is 0.220 e. The second-order valence-corrected chi connectivity index (χ2v) is 7.90. The fraction of sp³-hybridized carbons (Fsp3) is 0.440. The van der Waals surface area contributed by atoms with Crippen LogP contribution in [0, 0.1) is 0 Å². The van der Waals surface area contributed by atoms with Gasteiger partial charge < -0.3 is 24.4 Å². The summed E-state index contributed by atoms with van der Waals surface area (Å²) in [5.74, 6) is 1.97. The summed E-state index contributed by atoms with van der Waals surface area (Å²) in [5, 5.41) is 3.15. The van der Waals surface area contributed by atoms with E-state index in [0.717, 1.165) is 31.7 Å². The van der Waals surface area contributed by atoms with Crippen molar-refractivity contribution in [3.8, 4) is 17.2 Å². The van der Waals surface area contributed by atoms with E-state index in [4.69, 9.17) is 14.2 Å². The van der Waals surface area contributed by atoms with Crippen LogP contribution >= 0.6 is 0 Å². The molecule has 0 aliphatic carbocycles. The lowest BCUT2D eigenvalue weighted by molar-refractivity contribution is -0.122. The molecule has 1 saturated heterocycles. The number of anilines is 1. The molecule has 0 spiro atoms. The van der Waals surface area contributed by atoms with Gasteiger partial charge in [0.25, 0.3) is 0 Å². The summed E-state index contributed by atoms with van der Waals surface area (Å²) in [5.41, 5.74) is 1.76. The number of ether oxygens (including phenoxy) is 3. The molecule has 2 aromatic carbocycles. The van der Waals surface area contributed by atoms with Gasteiger partial charge in [-0.1, -0.05) is 0 Å². The van der Waals surface area contributed by atoms with Gasteiger partial charge in [0.05, 0.1) is 20.8 Å². The lowest BCUT2D eigenvalue weighted by Gasteiger charge is -2.34. The predicted molar refractivity (Wildman–Crippen MR) is 124 cm³/mol. The van der Waals surface area contributed by atoms with Crippen LogP contribution in [-0.4, -0.2) is 51.6 Å². The number of amides is 1. The summed E-state index contributed by atoms with van der Waals surface area (Å²) in [6, 6.07) is 13.4. The molecule has 1 aliphatic heterocycles. The number of hydrogen-bond donors (Lipinski definition) is 1. The Hall–Kier alpha value is -3.22. The molecule has 172 valence electrons. The number of hydrogen-bond acceptors (Lipinski definition) is 6. The minimum absolute atomic E-state index is 0.0265. The summed E-state index contributed by atoms with van der Waals surface area (Å²) in [6.45, 7) is 3.74. The Morgan fingerprint density at radius 1 is 1.00 bits per heavy atom. The number of carbonyl (C=O) groups is 2. The molecule has 0 radical (unpaired) electrons. The van der Waals surface area contributed by atoms with Crippen LogP contribution in [0.4, 0.5) is 5.69 Å². The number of piperidine rings is 1. The van der Waals surface area contributed by atoms with Crippen LogP contribution < -0.4 is 24.4 Å². The molecule has 2 aromatic rings. The Bertz CT molecular complexity index is 905. The van der Waals surface area contributed by atoms with Gasteiger partial charge in [-0.3, -0.25) is 9.59 Å². The van der Waals surface area contributed by atoms with Crippen molar-refractivity contribution in [3.63, 3.8) is 0 Å². The second-order valence-electron chi connectivity index (χ2n) is 7.90. The highest BCUT2D eigenvalue weighted by atomic mass is 16.5. The number of methoxy groups -OCH3 is 2. The molecule has 1 amide bonds. The van der Waals surface area contributed by atoms with Gasteiger partial charge in [-0.25, -0.2) is 0 Å². The Morgan fingerprint density at radius 3 is 2.34 bits per heavy atom. The minimum atomic E-state index is -0.0265. The molecule has 1 fully saturated rings. The quantitative estimate of drug-likeness (QED) is 0.447. The monoisotopic (exact) mass is 440 g/mol. The summed E-state index contributed by atoms with van der Waals surface area (Å²) in [6.07, 6.45) is 2.86. The first kappa shape index (κ1) is 23.4. The van der Waals surface area contributed by atoms with Crippen LogP contribution in [0.15, 0.2) is 42.5 Å². The summed E-state index contributed by atoms with van der Waals surface area (Å²) in [7, 11) is 3.21. The second kappa shape index (κ2) is 11.4. The molecular formula is C25H32N2O5. The number of nitrogens with one attached hydrogen (secondary N) is 1. The van der Waals surface area contributed by atoms with E-state index in [9.17, 15) is 9.59 Å². The van der Waals surface area contributed by atoms with Crippen LogP contribution in [0.3, 0.4) is 0 Å². The minimum Gasteiger partial charge on any atom is -0.497 e. The highest BCUT2D eigenvalue weighted by Gasteiger charge is 2.21. The molecule has 7 nitrogen and oxygen atoms in total. The first-order chi connectivity index (χ1) is 15.5. The predicted octanol–water partition coefficient (Wildman–Crippen LogP) is 3.85. The lowest BCUT2D eigenvalue weighted by Crippen LogP contribution is -2.44. The van der Waals surface area contributed by atoms with Crippen molar-refractivity contribution in [1.82, 2.24) is 5.32 Å². The van der Waals surface area contributed by atoms with Crippen LogP contribution in [0.5, 0.6) is 17.2 Å². The van der Waals surface area contributed by atoms with E-state index in [2.05, 4.69) is 22.3 Å². The average Bonchev–Trinajstić information content (AvgIpc) is 2.82. The van der Waals surface area contributed by atoms with Crippen molar-refractivity contribution in [2.45, 2.75) is 38.6 Å². The van der Waals surface area contributed by atoms with Crippen molar-refractivity contribution in [3.05, 3.63) is 48.0 Å². The van der Waals surface area contributed by atoms with Crippen LogP contribution in [0.1, 0.15) is 43.0 Å². The number of carbonyl (C=O) groups excluding carboxylic acids is 2. The number of ketones is 1. The van der Waals surface area contributed by atoms with Crippen molar-refractivity contribution in [2.75, 3.05) is 38.8 Å². The summed E-state index contributed by atoms with van der Waals surface area (Å²) < 4.78 is 16.3. The molecular weight excluding hydrogens is 408 g/mol. The zero-order chi connectivity index (χ0) is 22.9. The van der Waals surface area contributed by atoms with E-state index < -0.39 is 0 Å². The molecule has 1 aliphatic rings. The molecule has 1 heterocycles. The number of benzene rings is 2. The van der Waals surface area contributed by atoms with E-state index >= 15 is 0 Å². The highest BCUT2D eigenvalue weighted by Crippen LogP contribution is 2.28. The number of Topliss-reactive ketones (excluding diaryl/α,β-unsaturated/α-hetero) is 1. The van der Waals surface area contributed by atoms with Crippen LogP contribution in [-0.2, 0) is 4.79 Å². The molecule has 7 heteroatoms. The van der Waals surface area contributed by atoms with E-state index in [-0.39, 0.29) is 17.7 Å². The third kappa shape index (κ3) is 6.39. The van der Waals surface area contributed by atoms with Crippen molar-refractivity contribution in [1.29, 1.82) is 0 Å². The van der Waals surface area contributed by atoms with E-state index in [1.165, 1.54) is 12.6 Å². The molecule has 0 aromatic heterocycles. The van der Waals surface area contributed by atoms with Gasteiger partial charge in [-0.15, -0.1) is 0 Å². The molecule has 0 saturated carbocycles. The highest BCUT2D eigenvalue weighted by molar-refractivity contribution is 5.94. The normalized spacial score (nSPS) is 14.0. The Balaban J connectivity index is 1.36. The topological polar surface area (TPSA) is 77.1 Å². The Kier molecular flexibility index (Phi) is 8.36. The first-order valence-corrected chi connectivity index (χ1v) is 11.0. The van der Waals surface area contributed by atoms with Gasteiger partial charge in [0.2, 0.25) is 5.91 Å². The van der Waals surface area contributed by atoms with Gasteiger partial charge in [0.1, 0.15) is 5.75 Å². The third-order valence-corrected chi connectivity index (χ3v) is 5.67. The molecule has 32 heavy (non-hydrogen) atoms. The number of nitrogens with zero attached hydrogens (tertiary/aromatic N) is 1. The number of rotatable bonds is 10. The maximum Gasteiger partial charge on any atom is 0.220 e. The zero-order valence-corrected chi connectivity index (χ0v) is 19.1. The SMILES string of the molecule is COc1ccc(N2CCC(NC(=O)CCCOc3ccc(C(C)=O)cc3OC)CC2)cc1. The first-order valence-electron chi connectivity index (χ1n) is 11.0. The lowest BCUT2D eigenvalue weighted by atomic mass is 10.0. The maximum atomic E-state index is 12.3. The zero-order valence-electron chi connectivity index (χ0n) is 19.1. The molecule has 0 atom stereocenters. The van der Waals surface area contributed by atoms with Gasteiger partial charge in [-0.2, -0.15) is 0 Å². The molecule has 3 rings (SSSR count). The molecule has 1 N–H and O–H groups in total. The van der Waals surface area contributed by atoms with E-state index in [0.29, 0.717) is 36.5 Å². The van der Waals surface area contributed by atoms with Gasteiger partial charge in [0, 0.05) is 36.8 Å². The molecule has 0 unspecified atom stereocenters. The van der Waals surface area contributed by atoms with Crippen molar-refractivity contribution < 1.29 is 23.8 Å². The standard InChI is InChI=1S/C25H32N2O5/c1-18(28)19-6-11-23(24(17-19)31-3)32-16-4-5-25(29)26-20-12-14-27(15-13-20)21-7-9-22(30-2)10-8-21/h6-11,17,20H,4-5,12-16H2,1-3H3,(H,26,29). The van der Waals surface area contributed by atoms with E-state index in [1.54, 1.807) is 32.4 Å². The van der Waals surface area contributed by atoms with Gasteiger partial charge in [-0.05, 0) is 68.7 Å². The maximum absolute atomic E-state index is 12.3. The summed E-state index contributed by atoms with van der Waals surface area (Å²) >= 11 is 0. The fourth-order valence-corrected chi connectivity index (χ4v) is 3.80. The Labute approximate surface area is 189 Å². The average molecular weight is 441 g/mol. The van der Waals surface area contributed by atoms with Crippen LogP contribution in [0.25, 0.3) is 0 Å². The Morgan fingerprint density at radius 2 is 1.72 bits per heavy atom. The van der Waals surface area contributed by atoms with Gasteiger partial charge in [0.15, 0.2) is 17.3 Å². The fourth-order valence-electron chi connectivity index (χ4n) is 3.80. The van der Waals surface area contributed by atoms with Crippen molar-refractivity contribution >= 4 is 17.4 Å². The molecule has 0 bridgehead atoms. The van der Waals surface area contributed by atoms with Crippen LogP contribution in [0.2, 0.25) is 0 Å². The third-order valence-electron chi connectivity index (χ3n) is 5.67. The van der Waals surface area contributed by atoms with Crippen molar-refractivity contribution in [2.24, 2.45) is 0 Å². The van der Waals surface area contributed by atoms with Gasteiger partial charge >= 0.3 is 0 Å². The van der Waals surface area contributed by atoms with E-state index in [1.807, 2.05) is 12.1 Å².